The standard InChI is InChI=1S/C25H27N3O2/c1-3-27(23-11-6-9-19-8-4-5-10-22(19)23)25(30)18(2)26-20-13-15-21(16-14-20)28-17-7-12-24(28)29/h4-6,8-11,13-16,18,26H,3,7,12,17H2,1-2H3/t18-/m0/s1. The van der Waals surface area contributed by atoms with Crippen LogP contribution in [0.1, 0.15) is 26.7 Å². The number of hydrogen-bond acceptors (Lipinski definition) is 3. The summed E-state index contributed by atoms with van der Waals surface area (Å²) in [6.45, 7) is 5.24. The van der Waals surface area contributed by atoms with Crippen molar-refractivity contribution in [3.8, 4) is 0 Å². The van der Waals surface area contributed by atoms with Crippen LogP contribution < -0.4 is 15.1 Å². The average Bonchev–Trinajstić information content (AvgIpc) is 3.20. The van der Waals surface area contributed by atoms with Crippen molar-refractivity contribution in [1.82, 2.24) is 0 Å². The van der Waals surface area contributed by atoms with Crippen LogP contribution in [-0.2, 0) is 9.59 Å². The third-order valence-electron chi connectivity index (χ3n) is 5.65. The summed E-state index contributed by atoms with van der Waals surface area (Å²) in [5.41, 5.74) is 2.70. The second kappa shape index (κ2) is 8.57. The Balaban J connectivity index is 1.50. The summed E-state index contributed by atoms with van der Waals surface area (Å²) >= 11 is 0. The van der Waals surface area contributed by atoms with Crippen molar-refractivity contribution in [1.29, 1.82) is 0 Å². The Bertz CT molecular complexity index is 1060. The van der Waals surface area contributed by atoms with E-state index in [9.17, 15) is 9.59 Å². The van der Waals surface area contributed by atoms with Gasteiger partial charge in [-0.1, -0.05) is 36.4 Å². The largest absolute Gasteiger partial charge is 0.374 e. The predicted molar refractivity (Wildman–Crippen MR) is 123 cm³/mol. The van der Waals surface area contributed by atoms with Gasteiger partial charge in [-0.3, -0.25) is 9.59 Å². The number of amides is 2. The number of nitrogens with zero attached hydrogens (tertiary/aromatic N) is 2. The molecule has 154 valence electrons. The summed E-state index contributed by atoms with van der Waals surface area (Å²) in [5, 5.41) is 5.50. The van der Waals surface area contributed by atoms with Crippen LogP contribution in [-0.4, -0.2) is 30.9 Å². The third-order valence-corrected chi connectivity index (χ3v) is 5.65. The van der Waals surface area contributed by atoms with Gasteiger partial charge in [-0.15, -0.1) is 0 Å². The van der Waals surface area contributed by atoms with Crippen LogP contribution in [0.3, 0.4) is 0 Å². The zero-order valence-corrected chi connectivity index (χ0v) is 17.5. The Morgan fingerprint density at radius 2 is 1.80 bits per heavy atom. The molecule has 1 heterocycles. The van der Waals surface area contributed by atoms with Crippen molar-refractivity contribution in [2.24, 2.45) is 0 Å². The first-order chi connectivity index (χ1) is 14.6. The molecular weight excluding hydrogens is 374 g/mol. The molecular formula is C25H27N3O2. The number of rotatable bonds is 6. The minimum absolute atomic E-state index is 0.0210. The summed E-state index contributed by atoms with van der Waals surface area (Å²) in [5.74, 6) is 0.195. The number of hydrogen-bond donors (Lipinski definition) is 1. The van der Waals surface area contributed by atoms with Crippen LogP contribution in [0, 0.1) is 0 Å². The van der Waals surface area contributed by atoms with E-state index in [4.69, 9.17) is 0 Å². The van der Waals surface area contributed by atoms with Crippen molar-refractivity contribution in [2.45, 2.75) is 32.7 Å². The van der Waals surface area contributed by atoms with Crippen molar-refractivity contribution in [2.75, 3.05) is 28.2 Å². The van der Waals surface area contributed by atoms with Gasteiger partial charge < -0.3 is 15.1 Å². The molecule has 3 aromatic rings. The van der Waals surface area contributed by atoms with Gasteiger partial charge in [-0.25, -0.2) is 0 Å². The van der Waals surface area contributed by atoms with Gasteiger partial charge in [0.2, 0.25) is 11.8 Å². The molecule has 1 aliphatic rings. The third kappa shape index (κ3) is 3.88. The van der Waals surface area contributed by atoms with E-state index in [2.05, 4.69) is 23.5 Å². The second-order valence-electron chi connectivity index (χ2n) is 7.64. The van der Waals surface area contributed by atoms with Crippen molar-refractivity contribution >= 4 is 39.6 Å². The highest BCUT2D eigenvalue weighted by Crippen LogP contribution is 2.28. The van der Waals surface area contributed by atoms with Crippen molar-refractivity contribution in [3.63, 3.8) is 0 Å². The summed E-state index contributed by atoms with van der Waals surface area (Å²) in [4.78, 5) is 28.8. The molecule has 1 fully saturated rings. The van der Waals surface area contributed by atoms with Crippen LogP contribution in [0.5, 0.6) is 0 Å². The van der Waals surface area contributed by atoms with Gasteiger partial charge in [0, 0.05) is 36.3 Å². The van der Waals surface area contributed by atoms with Gasteiger partial charge in [0.15, 0.2) is 0 Å². The normalized spacial score (nSPS) is 14.7. The lowest BCUT2D eigenvalue weighted by molar-refractivity contribution is -0.119. The first kappa shape index (κ1) is 20.0. The highest BCUT2D eigenvalue weighted by molar-refractivity contribution is 6.06. The van der Waals surface area contributed by atoms with Gasteiger partial charge in [0.1, 0.15) is 6.04 Å². The molecule has 1 aliphatic heterocycles. The first-order valence-electron chi connectivity index (χ1n) is 10.5. The molecule has 30 heavy (non-hydrogen) atoms. The van der Waals surface area contributed by atoms with Crippen LogP contribution in [0.2, 0.25) is 0 Å². The van der Waals surface area contributed by atoms with E-state index in [-0.39, 0.29) is 17.9 Å². The van der Waals surface area contributed by atoms with Crippen LogP contribution in [0.15, 0.2) is 66.7 Å². The topological polar surface area (TPSA) is 52.7 Å². The number of nitrogens with one attached hydrogen (secondary N) is 1. The van der Waals surface area contributed by atoms with Gasteiger partial charge in [-0.05, 0) is 56.0 Å². The molecule has 2 amide bonds. The van der Waals surface area contributed by atoms with Gasteiger partial charge in [0.05, 0.1) is 5.69 Å². The zero-order chi connectivity index (χ0) is 21.1. The first-order valence-corrected chi connectivity index (χ1v) is 10.5. The molecule has 0 bridgehead atoms. The van der Waals surface area contributed by atoms with E-state index in [0.29, 0.717) is 13.0 Å². The smallest absolute Gasteiger partial charge is 0.249 e. The summed E-state index contributed by atoms with van der Waals surface area (Å²) in [6.07, 6.45) is 1.53. The summed E-state index contributed by atoms with van der Waals surface area (Å²) in [7, 11) is 0. The van der Waals surface area contributed by atoms with E-state index in [1.54, 1.807) is 0 Å². The molecule has 5 nitrogen and oxygen atoms in total. The number of fused-ring (bicyclic) bond motifs is 1. The summed E-state index contributed by atoms with van der Waals surface area (Å²) in [6, 6.07) is 21.5. The molecule has 0 unspecified atom stereocenters. The molecule has 0 radical (unpaired) electrons. The molecule has 5 heteroatoms. The van der Waals surface area contributed by atoms with E-state index in [0.717, 1.165) is 40.8 Å². The van der Waals surface area contributed by atoms with E-state index in [1.807, 2.05) is 72.2 Å². The summed E-state index contributed by atoms with van der Waals surface area (Å²) < 4.78 is 0. The molecule has 0 aromatic heterocycles. The molecule has 0 aliphatic carbocycles. The van der Waals surface area contributed by atoms with Crippen LogP contribution in [0.4, 0.5) is 17.1 Å². The Morgan fingerprint density at radius 1 is 1.07 bits per heavy atom. The fourth-order valence-electron chi connectivity index (χ4n) is 4.09. The number of carbonyl (C=O) groups is 2. The predicted octanol–water partition coefficient (Wildman–Crippen LogP) is 4.82. The second-order valence-corrected chi connectivity index (χ2v) is 7.64. The van der Waals surface area contributed by atoms with E-state index >= 15 is 0 Å². The quantitative estimate of drug-likeness (QED) is 0.644. The maximum Gasteiger partial charge on any atom is 0.249 e. The van der Waals surface area contributed by atoms with Crippen LogP contribution in [0.25, 0.3) is 10.8 Å². The number of anilines is 3. The van der Waals surface area contributed by atoms with E-state index < -0.39 is 0 Å². The number of benzene rings is 3. The van der Waals surface area contributed by atoms with Gasteiger partial charge >= 0.3 is 0 Å². The maximum atomic E-state index is 13.3. The lowest BCUT2D eigenvalue weighted by Crippen LogP contribution is -2.41. The minimum atomic E-state index is -0.386. The Kier molecular flexibility index (Phi) is 5.70. The number of likely N-dealkylation sites (N-methyl/N-ethyl adjacent to an activating group) is 1. The van der Waals surface area contributed by atoms with Gasteiger partial charge in [-0.2, -0.15) is 0 Å². The Labute approximate surface area is 177 Å². The molecule has 1 saturated heterocycles. The maximum absolute atomic E-state index is 13.3. The molecule has 1 N–H and O–H groups in total. The highest BCUT2D eigenvalue weighted by atomic mass is 16.2. The Morgan fingerprint density at radius 3 is 2.50 bits per heavy atom. The highest BCUT2D eigenvalue weighted by Gasteiger charge is 2.23. The van der Waals surface area contributed by atoms with Crippen molar-refractivity contribution in [3.05, 3.63) is 66.7 Å². The monoisotopic (exact) mass is 401 g/mol. The average molecular weight is 402 g/mol. The molecule has 0 saturated carbocycles. The lowest BCUT2D eigenvalue weighted by atomic mass is 10.1. The molecule has 0 spiro atoms. The van der Waals surface area contributed by atoms with Gasteiger partial charge in [0.25, 0.3) is 0 Å². The SMILES string of the molecule is CCN(C(=O)[C@H](C)Nc1ccc(N2CCCC2=O)cc1)c1cccc2ccccc12. The van der Waals surface area contributed by atoms with Crippen molar-refractivity contribution < 1.29 is 9.59 Å². The fourth-order valence-corrected chi connectivity index (χ4v) is 4.09. The Hall–Kier alpha value is -3.34. The van der Waals surface area contributed by atoms with Crippen LogP contribution >= 0.6 is 0 Å². The minimum Gasteiger partial charge on any atom is -0.374 e. The zero-order valence-electron chi connectivity index (χ0n) is 17.5. The van der Waals surface area contributed by atoms with E-state index in [1.165, 1.54) is 0 Å². The lowest BCUT2D eigenvalue weighted by Gasteiger charge is -2.27. The molecule has 3 aromatic carbocycles. The molecule has 1 atom stereocenters. The number of carbonyl (C=O) groups excluding carboxylic acids is 2. The fraction of sp³-hybridized carbons (Fsp3) is 0.280. The molecule has 4 rings (SSSR count).